The fourth-order valence-electron chi connectivity index (χ4n) is 1.53. The summed E-state index contributed by atoms with van der Waals surface area (Å²) in [7, 11) is 0. The average Bonchev–Trinajstić information content (AvgIpc) is 2.87. The van der Waals surface area contributed by atoms with Gasteiger partial charge < -0.3 is 19.8 Å². The molecule has 0 bridgehead atoms. The van der Waals surface area contributed by atoms with E-state index in [1.807, 2.05) is 38.1 Å². The Morgan fingerprint density at radius 3 is 2.63 bits per heavy atom. The van der Waals surface area contributed by atoms with Crippen molar-refractivity contribution >= 4 is 11.7 Å². The molecule has 0 unspecified atom stereocenters. The zero-order valence-corrected chi connectivity index (χ0v) is 11.1. The van der Waals surface area contributed by atoms with Gasteiger partial charge in [0.2, 0.25) is 5.89 Å². The second-order valence-corrected chi connectivity index (χ2v) is 3.86. The van der Waals surface area contributed by atoms with Crippen LogP contribution in [0.2, 0.25) is 0 Å². The predicted octanol–water partition coefficient (Wildman–Crippen LogP) is 2.32. The van der Waals surface area contributed by atoms with Crippen LogP contribution in [-0.4, -0.2) is 23.3 Å². The predicted molar refractivity (Wildman–Crippen MR) is 72.6 cm³/mol. The summed E-state index contributed by atoms with van der Waals surface area (Å²) in [4.78, 5) is 0. The van der Waals surface area contributed by atoms with E-state index in [1.54, 1.807) is 0 Å². The Kier molecular flexibility index (Phi) is 4.74. The Bertz CT molecular complexity index is 496. The highest BCUT2D eigenvalue weighted by Crippen LogP contribution is 2.19. The number of hydrogen-bond acceptors (Lipinski definition) is 6. The first-order valence-corrected chi connectivity index (χ1v) is 6.34. The van der Waals surface area contributed by atoms with Gasteiger partial charge in [0, 0.05) is 5.69 Å². The molecule has 1 heterocycles. The van der Waals surface area contributed by atoms with Crippen molar-refractivity contribution in [2.75, 3.05) is 18.5 Å². The summed E-state index contributed by atoms with van der Waals surface area (Å²) in [6.07, 6.45) is 0. The number of benzene rings is 1. The van der Waals surface area contributed by atoms with Gasteiger partial charge in [0.05, 0.1) is 13.2 Å². The molecule has 0 atom stereocenters. The Morgan fingerprint density at radius 1 is 1.16 bits per heavy atom. The molecule has 1 aromatic carbocycles. The Labute approximate surface area is 112 Å². The van der Waals surface area contributed by atoms with Crippen LogP contribution in [0.1, 0.15) is 19.7 Å². The van der Waals surface area contributed by atoms with Crippen molar-refractivity contribution in [2.45, 2.75) is 20.4 Å². The molecule has 2 rings (SSSR count). The average molecular weight is 262 g/mol. The van der Waals surface area contributed by atoms with E-state index in [9.17, 15) is 0 Å². The van der Waals surface area contributed by atoms with Crippen LogP contribution in [0.3, 0.4) is 0 Å². The lowest BCUT2D eigenvalue weighted by Crippen LogP contribution is -2.11. The quantitative estimate of drug-likeness (QED) is 0.798. The molecule has 0 aliphatic heterocycles. The van der Waals surface area contributed by atoms with Crippen LogP contribution in [0.4, 0.5) is 11.7 Å². The molecule has 2 aromatic rings. The molecule has 0 saturated carbocycles. The van der Waals surface area contributed by atoms with E-state index in [0.29, 0.717) is 25.1 Å². The first-order chi connectivity index (χ1) is 9.31. The van der Waals surface area contributed by atoms with Gasteiger partial charge in [-0.1, -0.05) is 12.0 Å². The zero-order valence-electron chi connectivity index (χ0n) is 11.1. The summed E-state index contributed by atoms with van der Waals surface area (Å²) in [6, 6.07) is 7.97. The van der Waals surface area contributed by atoms with E-state index >= 15 is 0 Å². The van der Waals surface area contributed by atoms with Crippen molar-refractivity contribution in [3.05, 3.63) is 30.2 Å². The van der Waals surface area contributed by atoms with E-state index in [0.717, 1.165) is 18.0 Å². The van der Waals surface area contributed by atoms with Crippen LogP contribution in [0, 0.1) is 0 Å². The highest BCUT2D eigenvalue weighted by molar-refractivity contribution is 5.53. The summed E-state index contributed by atoms with van der Waals surface area (Å²) >= 11 is 0. The van der Waals surface area contributed by atoms with Crippen molar-refractivity contribution in [1.29, 1.82) is 0 Å². The number of ether oxygens (including phenoxy) is 1. The van der Waals surface area contributed by atoms with Gasteiger partial charge in [0.25, 0.3) is 0 Å². The standard InChI is InChI=1S/C13H18N4O2/c1-3-14-9-12-16-17-13(19-12)15-10-5-7-11(8-6-10)18-4-2/h5-8,14H,3-4,9H2,1-2H3,(H,15,17). The first-order valence-electron chi connectivity index (χ1n) is 6.34. The zero-order chi connectivity index (χ0) is 13.5. The minimum absolute atomic E-state index is 0.386. The third-order valence-electron chi connectivity index (χ3n) is 2.41. The molecule has 2 N–H and O–H groups in total. The molecule has 0 amide bonds. The molecule has 0 fully saturated rings. The third-order valence-corrected chi connectivity index (χ3v) is 2.41. The van der Waals surface area contributed by atoms with Gasteiger partial charge in [-0.15, -0.1) is 5.10 Å². The Balaban J connectivity index is 1.94. The van der Waals surface area contributed by atoms with Crippen LogP contribution >= 0.6 is 0 Å². The van der Waals surface area contributed by atoms with Crippen LogP contribution in [0.25, 0.3) is 0 Å². The fourth-order valence-corrected chi connectivity index (χ4v) is 1.53. The molecule has 0 spiro atoms. The molecule has 19 heavy (non-hydrogen) atoms. The van der Waals surface area contributed by atoms with Crippen LogP contribution < -0.4 is 15.4 Å². The summed E-state index contributed by atoms with van der Waals surface area (Å²) in [6.45, 7) is 6.08. The molecule has 6 nitrogen and oxygen atoms in total. The van der Waals surface area contributed by atoms with Crippen LogP contribution in [0.15, 0.2) is 28.7 Å². The SMILES string of the molecule is CCNCc1nnc(Nc2ccc(OCC)cc2)o1. The monoisotopic (exact) mass is 262 g/mol. The van der Waals surface area contributed by atoms with Crippen molar-refractivity contribution in [2.24, 2.45) is 0 Å². The van der Waals surface area contributed by atoms with Gasteiger partial charge in [-0.05, 0) is 37.7 Å². The van der Waals surface area contributed by atoms with E-state index < -0.39 is 0 Å². The minimum Gasteiger partial charge on any atom is -0.494 e. The smallest absolute Gasteiger partial charge is 0.320 e. The number of anilines is 2. The topological polar surface area (TPSA) is 72.2 Å². The molecular weight excluding hydrogens is 244 g/mol. The number of nitrogens with zero attached hydrogens (tertiary/aromatic N) is 2. The van der Waals surface area contributed by atoms with E-state index in [2.05, 4.69) is 20.8 Å². The van der Waals surface area contributed by atoms with Crippen LogP contribution in [-0.2, 0) is 6.54 Å². The molecule has 102 valence electrons. The highest BCUT2D eigenvalue weighted by atomic mass is 16.5. The second-order valence-electron chi connectivity index (χ2n) is 3.86. The number of nitrogens with one attached hydrogen (secondary N) is 2. The van der Waals surface area contributed by atoms with E-state index in [4.69, 9.17) is 9.15 Å². The lowest BCUT2D eigenvalue weighted by Gasteiger charge is -2.04. The van der Waals surface area contributed by atoms with Gasteiger partial charge in [-0.25, -0.2) is 0 Å². The first kappa shape index (κ1) is 13.4. The molecule has 6 heteroatoms. The molecule has 0 aliphatic rings. The normalized spacial score (nSPS) is 10.4. The lowest BCUT2D eigenvalue weighted by atomic mass is 10.3. The Morgan fingerprint density at radius 2 is 1.95 bits per heavy atom. The summed E-state index contributed by atoms with van der Waals surface area (Å²) in [5.74, 6) is 1.40. The summed E-state index contributed by atoms with van der Waals surface area (Å²) < 4.78 is 10.8. The lowest BCUT2D eigenvalue weighted by molar-refractivity contribution is 0.340. The van der Waals surface area contributed by atoms with Gasteiger partial charge >= 0.3 is 6.01 Å². The van der Waals surface area contributed by atoms with Gasteiger partial charge in [-0.2, -0.15) is 0 Å². The minimum atomic E-state index is 0.386. The summed E-state index contributed by atoms with van der Waals surface area (Å²) in [5, 5.41) is 14.0. The highest BCUT2D eigenvalue weighted by Gasteiger charge is 2.05. The number of hydrogen-bond donors (Lipinski definition) is 2. The Hall–Kier alpha value is -2.08. The maximum Gasteiger partial charge on any atom is 0.320 e. The van der Waals surface area contributed by atoms with E-state index in [-0.39, 0.29) is 0 Å². The maximum atomic E-state index is 5.44. The van der Waals surface area contributed by atoms with Gasteiger partial charge in [-0.3, -0.25) is 0 Å². The molecule has 1 aromatic heterocycles. The number of aromatic nitrogens is 2. The van der Waals surface area contributed by atoms with E-state index in [1.165, 1.54) is 0 Å². The fraction of sp³-hybridized carbons (Fsp3) is 0.385. The van der Waals surface area contributed by atoms with Crippen molar-refractivity contribution in [3.8, 4) is 5.75 Å². The van der Waals surface area contributed by atoms with Crippen LogP contribution in [0.5, 0.6) is 5.75 Å². The summed E-state index contributed by atoms with van der Waals surface area (Å²) in [5.41, 5.74) is 0.877. The molecular formula is C13H18N4O2. The largest absolute Gasteiger partial charge is 0.494 e. The molecule has 0 radical (unpaired) electrons. The molecule has 0 aliphatic carbocycles. The van der Waals surface area contributed by atoms with Gasteiger partial charge in [0.15, 0.2) is 0 Å². The third kappa shape index (κ3) is 3.96. The van der Waals surface area contributed by atoms with Crippen molar-refractivity contribution in [3.63, 3.8) is 0 Å². The van der Waals surface area contributed by atoms with Crippen molar-refractivity contribution in [1.82, 2.24) is 15.5 Å². The maximum absolute atomic E-state index is 5.44. The number of rotatable bonds is 7. The van der Waals surface area contributed by atoms with Crippen molar-refractivity contribution < 1.29 is 9.15 Å². The second kappa shape index (κ2) is 6.75. The molecule has 0 saturated heterocycles. The van der Waals surface area contributed by atoms with Gasteiger partial charge in [0.1, 0.15) is 5.75 Å².